The lowest BCUT2D eigenvalue weighted by atomic mass is 9.98. The van der Waals surface area contributed by atoms with Crippen LogP contribution in [0.4, 0.5) is 25.8 Å². The Morgan fingerprint density at radius 3 is 2.17 bits per heavy atom. The number of carbonyl (C=O) groups is 3. The number of anilines is 2. The number of hydrogen-bond acceptors (Lipinski definition) is 5. The Bertz CT molecular complexity index is 1210. The highest BCUT2D eigenvalue weighted by molar-refractivity contribution is 6.44. The van der Waals surface area contributed by atoms with Crippen molar-refractivity contribution in [2.45, 2.75) is 32.3 Å². The van der Waals surface area contributed by atoms with Crippen molar-refractivity contribution in [1.29, 1.82) is 5.41 Å². The molecule has 2 heterocycles. The number of piperidine rings is 1. The van der Waals surface area contributed by atoms with Crippen molar-refractivity contribution in [3.63, 3.8) is 0 Å². The Balaban J connectivity index is 1.59. The van der Waals surface area contributed by atoms with Gasteiger partial charge in [0, 0.05) is 43.0 Å². The van der Waals surface area contributed by atoms with Gasteiger partial charge in [-0.15, -0.1) is 0 Å². The molecule has 36 heavy (non-hydrogen) atoms. The lowest BCUT2D eigenvalue weighted by Crippen LogP contribution is -2.80. The van der Waals surface area contributed by atoms with Crippen LogP contribution in [0.25, 0.3) is 0 Å². The third-order valence-electron chi connectivity index (χ3n) is 6.15. The summed E-state index contributed by atoms with van der Waals surface area (Å²) in [6.45, 7) is -2.08. The molecule has 9 nitrogen and oxygen atoms in total. The topological polar surface area (TPSA) is 133 Å². The first kappa shape index (κ1) is 25.0. The van der Waals surface area contributed by atoms with Crippen LogP contribution in [0.15, 0.2) is 59.8 Å². The fourth-order valence-corrected chi connectivity index (χ4v) is 4.34. The summed E-state index contributed by atoms with van der Waals surface area (Å²) >= 11 is 0. The number of ether oxygens (including phenoxy) is 1. The first-order valence-electron chi connectivity index (χ1n) is 11.5. The van der Waals surface area contributed by atoms with Gasteiger partial charge in [-0.05, 0) is 55.7 Å². The minimum Gasteiger partial charge on any atom is -0.435 e. The third-order valence-corrected chi connectivity index (χ3v) is 6.15. The first-order chi connectivity index (χ1) is 17.2. The summed E-state index contributed by atoms with van der Waals surface area (Å²) in [4.78, 5) is 40.7. The maximum absolute atomic E-state index is 13.5. The van der Waals surface area contributed by atoms with Crippen molar-refractivity contribution >= 4 is 40.5 Å². The average Bonchev–Trinajstić information content (AvgIpc) is 2.86. The minimum atomic E-state index is -2.96. The number of benzene rings is 2. The number of nitrogens with zero attached hydrogens (tertiary/aromatic N) is 2. The first-order valence-corrected chi connectivity index (χ1v) is 11.5. The van der Waals surface area contributed by atoms with E-state index in [9.17, 15) is 23.2 Å². The number of alkyl halides is 2. The molecule has 0 atom stereocenters. The van der Waals surface area contributed by atoms with E-state index in [-0.39, 0.29) is 35.9 Å². The number of halogens is 2. The van der Waals surface area contributed by atoms with Gasteiger partial charge in [-0.3, -0.25) is 25.1 Å². The van der Waals surface area contributed by atoms with Gasteiger partial charge in [0.2, 0.25) is 11.6 Å². The summed E-state index contributed by atoms with van der Waals surface area (Å²) in [6.07, 6.45) is 2.55. The number of rotatable bonds is 8. The van der Waals surface area contributed by atoms with E-state index in [1.165, 1.54) is 34.5 Å². The summed E-state index contributed by atoms with van der Waals surface area (Å²) in [5.41, 5.74) is 7.06. The second-order valence-corrected chi connectivity index (χ2v) is 8.45. The molecule has 0 aromatic heterocycles. The molecule has 0 unspecified atom stereocenters. The van der Waals surface area contributed by atoms with E-state index >= 15 is 0 Å². The second-order valence-electron chi connectivity index (χ2n) is 8.45. The Morgan fingerprint density at radius 1 is 0.944 bits per heavy atom. The van der Waals surface area contributed by atoms with Gasteiger partial charge >= 0.3 is 12.5 Å². The molecule has 0 spiro atoms. The van der Waals surface area contributed by atoms with Crippen LogP contribution >= 0.6 is 0 Å². The predicted molar refractivity (Wildman–Crippen MR) is 128 cm³/mol. The van der Waals surface area contributed by atoms with Gasteiger partial charge in [0.25, 0.3) is 5.91 Å². The maximum Gasteiger partial charge on any atom is 0.387 e. The molecule has 5 N–H and O–H groups in total. The molecule has 2 aliphatic heterocycles. The third kappa shape index (κ3) is 5.41. The van der Waals surface area contributed by atoms with Gasteiger partial charge in [0.1, 0.15) is 17.1 Å². The molecule has 188 valence electrons. The van der Waals surface area contributed by atoms with Crippen molar-refractivity contribution in [2.24, 2.45) is 5.73 Å². The molecule has 2 aromatic rings. The fourth-order valence-electron chi connectivity index (χ4n) is 4.34. The molecule has 1 fully saturated rings. The maximum atomic E-state index is 13.5. The van der Waals surface area contributed by atoms with E-state index in [4.69, 9.17) is 11.1 Å². The van der Waals surface area contributed by atoms with Crippen LogP contribution in [0.5, 0.6) is 5.75 Å². The molecular formula is C25H26F2N5O4+. The second kappa shape index (κ2) is 10.6. The number of carbonyl (C=O) groups excluding carboxylic acids is 3. The Hall–Kier alpha value is -4.12. The fraction of sp³-hybridized carbons (Fsp3) is 0.280. The quantitative estimate of drug-likeness (QED) is 0.380. The van der Waals surface area contributed by atoms with Gasteiger partial charge in [-0.2, -0.15) is 8.78 Å². The monoisotopic (exact) mass is 498 g/mol. The van der Waals surface area contributed by atoms with Crippen LogP contribution in [0.3, 0.4) is 0 Å². The summed E-state index contributed by atoms with van der Waals surface area (Å²) in [5, 5.41) is 9.60. The predicted octanol–water partition coefficient (Wildman–Crippen LogP) is 2.20. The molecule has 4 rings (SSSR count). The largest absolute Gasteiger partial charge is 0.435 e. The van der Waals surface area contributed by atoms with Gasteiger partial charge < -0.3 is 20.3 Å². The molecular weight excluding hydrogens is 472 g/mol. The molecule has 2 aliphatic rings. The molecule has 0 radical (unpaired) electrons. The van der Waals surface area contributed by atoms with E-state index in [1.807, 2.05) is 0 Å². The van der Waals surface area contributed by atoms with E-state index in [0.29, 0.717) is 24.3 Å². The van der Waals surface area contributed by atoms with Gasteiger partial charge in [0.05, 0.1) is 5.57 Å². The zero-order valence-corrected chi connectivity index (χ0v) is 19.4. The molecule has 1 saturated heterocycles. The lowest BCUT2D eigenvalue weighted by Gasteiger charge is -2.30. The molecule has 0 bridgehead atoms. The van der Waals surface area contributed by atoms with Crippen molar-refractivity contribution in [3.8, 4) is 5.75 Å². The normalized spacial score (nSPS) is 16.5. The highest BCUT2D eigenvalue weighted by atomic mass is 19.3. The molecule has 2 aromatic carbocycles. The van der Waals surface area contributed by atoms with Crippen molar-refractivity contribution in [3.05, 3.63) is 59.8 Å². The van der Waals surface area contributed by atoms with Crippen LogP contribution in [0, 0.1) is 5.41 Å². The number of nitrogens with one attached hydrogen (secondary N) is 1. The van der Waals surface area contributed by atoms with E-state index in [1.54, 1.807) is 29.2 Å². The van der Waals surface area contributed by atoms with Crippen LogP contribution in [0.2, 0.25) is 0 Å². The van der Waals surface area contributed by atoms with E-state index < -0.39 is 24.1 Å². The van der Waals surface area contributed by atoms with Gasteiger partial charge in [0.15, 0.2) is 0 Å². The Kier molecular flexibility index (Phi) is 7.39. The zero-order chi connectivity index (χ0) is 25.8. The number of hydrogen-bond donors (Lipinski definition) is 3. The number of amides is 3. The van der Waals surface area contributed by atoms with Crippen LogP contribution in [0.1, 0.15) is 25.7 Å². The summed E-state index contributed by atoms with van der Waals surface area (Å²) in [5.74, 6) is -1.35. The average molecular weight is 499 g/mol. The Morgan fingerprint density at radius 2 is 1.58 bits per heavy atom. The zero-order valence-electron chi connectivity index (χ0n) is 19.4. The van der Waals surface area contributed by atoms with Crippen LogP contribution in [-0.4, -0.2) is 43.1 Å². The van der Waals surface area contributed by atoms with E-state index in [2.05, 4.69) is 4.74 Å². The Labute approximate surface area is 206 Å². The summed E-state index contributed by atoms with van der Waals surface area (Å²) in [7, 11) is 0. The number of nitrogens with two attached hydrogens (primary N) is 2. The van der Waals surface area contributed by atoms with Crippen molar-refractivity contribution in [2.75, 3.05) is 22.9 Å². The minimum absolute atomic E-state index is 0.0369. The highest BCUT2D eigenvalue weighted by Crippen LogP contribution is 2.28. The van der Waals surface area contributed by atoms with Crippen LogP contribution < -0.4 is 25.6 Å². The lowest BCUT2D eigenvalue weighted by molar-refractivity contribution is -0.512. The smallest absolute Gasteiger partial charge is 0.387 e. The van der Waals surface area contributed by atoms with Crippen LogP contribution in [-0.2, 0) is 14.4 Å². The highest BCUT2D eigenvalue weighted by Gasteiger charge is 2.35. The SMILES string of the molecule is N=C(C(N)=O)C1=C([NH2+]c2ccc(OC(F)F)cc2)C(=O)N(c2ccc(N3CCCCC3=O)cc2)CC1. The summed E-state index contributed by atoms with van der Waals surface area (Å²) in [6, 6.07) is 12.8. The molecule has 0 aliphatic carbocycles. The number of primary amides is 1. The van der Waals surface area contributed by atoms with E-state index in [0.717, 1.165) is 18.5 Å². The molecule has 11 heteroatoms. The molecule has 3 amide bonds. The summed E-state index contributed by atoms with van der Waals surface area (Å²) < 4.78 is 29.2. The standard InChI is InChI=1S/C25H25F2N5O4/c26-25(27)36-18-10-4-15(5-11-18)30-22-19(21(28)23(29)34)12-14-32(24(22)35)17-8-6-16(7-9-17)31-13-2-1-3-20(31)33/h4-11,25,28,30H,1-3,12-14H2,(H2,29,34)/p+1. The van der Waals surface area contributed by atoms with Crippen molar-refractivity contribution in [1.82, 2.24) is 0 Å². The van der Waals surface area contributed by atoms with Crippen molar-refractivity contribution < 1.29 is 33.2 Å². The van der Waals surface area contributed by atoms with Gasteiger partial charge in [-0.1, -0.05) is 0 Å². The van der Waals surface area contributed by atoms with Gasteiger partial charge in [-0.25, -0.2) is 0 Å². The number of quaternary nitrogens is 1. The molecule has 0 saturated carbocycles.